The minimum Gasteiger partial charge on any atom is -0.310 e. The molecule has 0 unspecified atom stereocenters. The van der Waals surface area contributed by atoms with Crippen LogP contribution in [0.1, 0.15) is 37.4 Å². The molecule has 0 saturated heterocycles. The predicted octanol–water partition coefficient (Wildman–Crippen LogP) is 2.47. The Kier molecular flexibility index (Phi) is 5.82. The van der Waals surface area contributed by atoms with Crippen molar-refractivity contribution in [3.05, 3.63) is 35.4 Å². The zero-order chi connectivity index (χ0) is 13.6. The molecule has 0 fully saturated rings. The summed E-state index contributed by atoms with van der Waals surface area (Å²) >= 11 is 0. The summed E-state index contributed by atoms with van der Waals surface area (Å²) in [6.45, 7) is 6.62. The van der Waals surface area contributed by atoms with Crippen LogP contribution in [0.4, 0.5) is 0 Å². The van der Waals surface area contributed by atoms with Crippen LogP contribution in [0, 0.1) is 6.92 Å². The van der Waals surface area contributed by atoms with Gasteiger partial charge in [0.15, 0.2) is 0 Å². The predicted molar refractivity (Wildman–Crippen MR) is 76.5 cm³/mol. The van der Waals surface area contributed by atoms with Crippen LogP contribution < -0.4 is 5.32 Å². The van der Waals surface area contributed by atoms with Gasteiger partial charge in [-0.2, -0.15) is 0 Å². The molecular weight excluding hydrogens is 246 g/mol. The van der Waals surface area contributed by atoms with Crippen LogP contribution in [0.2, 0.25) is 0 Å². The van der Waals surface area contributed by atoms with E-state index in [1.54, 1.807) is 6.92 Å². The maximum atomic E-state index is 11.3. The van der Waals surface area contributed by atoms with E-state index in [1.165, 1.54) is 11.1 Å². The Bertz CT molecular complexity index is 468. The van der Waals surface area contributed by atoms with Crippen molar-refractivity contribution in [2.24, 2.45) is 0 Å². The molecule has 0 heterocycles. The van der Waals surface area contributed by atoms with E-state index in [0.29, 0.717) is 6.42 Å². The Morgan fingerprint density at radius 2 is 1.94 bits per heavy atom. The molecule has 1 aromatic carbocycles. The number of benzene rings is 1. The number of aryl methyl sites for hydroxylation is 1. The highest BCUT2D eigenvalue weighted by molar-refractivity contribution is 7.91. The molecule has 0 aromatic heterocycles. The van der Waals surface area contributed by atoms with Crippen LogP contribution in [-0.2, 0) is 9.84 Å². The van der Waals surface area contributed by atoms with Crippen LogP contribution in [0.3, 0.4) is 0 Å². The molecule has 4 heteroatoms. The quantitative estimate of drug-likeness (QED) is 0.774. The number of hydrogen-bond acceptors (Lipinski definition) is 3. The highest BCUT2D eigenvalue weighted by Gasteiger charge is 2.09. The molecule has 0 aliphatic rings. The highest BCUT2D eigenvalue weighted by atomic mass is 32.2. The summed E-state index contributed by atoms with van der Waals surface area (Å²) in [5.74, 6) is 0.511. The van der Waals surface area contributed by atoms with E-state index in [9.17, 15) is 8.42 Å². The first-order valence-corrected chi connectivity index (χ1v) is 8.27. The minimum atomic E-state index is -2.83. The lowest BCUT2D eigenvalue weighted by molar-refractivity contribution is 0.559. The van der Waals surface area contributed by atoms with Gasteiger partial charge < -0.3 is 5.32 Å². The van der Waals surface area contributed by atoms with Gasteiger partial charge in [-0.1, -0.05) is 31.2 Å². The van der Waals surface area contributed by atoms with E-state index in [2.05, 4.69) is 31.3 Å². The van der Waals surface area contributed by atoms with Gasteiger partial charge in [0.05, 0.1) is 5.75 Å². The second-order valence-corrected chi connectivity index (χ2v) is 7.10. The van der Waals surface area contributed by atoms with Gasteiger partial charge in [-0.05, 0) is 37.9 Å². The normalized spacial score (nSPS) is 13.5. The highest BCUT2D eigenvalue weighted by Crippen LogP contribution is 2.16. The van der Waals surface area contributed by atoms with E-state index >= 15 is 0 Å². The fraction of sp³-hybridized carbons (Fsp3) is 0.571. The standard InChI is InChI=1S/C14H23NO2S/c1-4-18(16,17)11-7-10-15-13(3)14-9-6-5-8-12(14)2/h5-6,8-9,13,15H,4,7,10-11H2,1-3H3/t13-/m0/s1. The van der Waals surface area contributed by atoms with Crippen molar-refractivity contribution in [1.82, 2.24) is 5.32 Å². The van der Waals surface area contributed by atoms with Crippen molar-refractivity contribution in [3.63, 3.8) is 0 Å². The Morgan fingerprint density at radius 1 is 1.28 bits per heavy atom. The molecule has 0 aliphatic carbocycles. The summed E-state index contributed by atoms with van der Waals surface area (Å²) in [5.41, 5.74) is 2.54. The van der Waals surface area contributed by atoms with Crippen molar-refractivity contribution in [1.29, 1.82) is 0 Å². The van der Waals surface area contributed by atoms with Crippen molar-refractivity contribution in [3.8, 4) is 0 Å². The van der Waals surface area contributed by atoms with E-state index in [0.717, 1.165) is 6.54 Å². The van der Waals surface area contributed by atoms with Crippen LogP contribution in [-0.4, -0.2) is 26.5 Å². The van der Waals surface area contributed by atoms with Crippen LogP contribution in [0.25, 0.3) is 0 Å². The number of nitrogens with one attached hydrogen (secondary N) is 1. The molecule has 1 rings (SSSR count). The second-order valence-electron chi connectivity index (χ2n) is 4.62. The van der Waals surface area contributed by atoms with Crippen molar-refractivity contribution in [2.45, 2.75) is 33.2 Å². The van der Waals surface area contributed by atoms with Crippen LogP contribution >= 0.6 is 0 Å². The molecule has 102 valence electrons. The summed E-state index contributed by atoms with van der Waals surface area (Å²) in [4.78, 5) is 0. The summed E-state index contributed by atoms with van der Waals surface area (Å²) in [6, 6.07) is 8.52. The van der Waals surface area contributed by atoms with Gasteiger partial charge in [0.25, 0.3) is 0 Å². The van der Waals surface area contributed by atoms with E-state index in [4.69, 9.17) is 0 Å². The van der Waals surface area contributed by atoms with Gasteiger partial charge in [0.2, 0.25) is 0 Å². The molecule has 0 spiro atoms. The van der Waals surface area contributed by atoms with E-state index in [-0.39, 0.29) is 17.5 Å². The molecule has 1 aromatic rings. The van der Waals surface area contributed by atoms with Gasteiger partial charge in [-0.15, -0.1) is 0 Å². The number of sulfone groups is 1. The largest absolute Gasteiger partial charge is 0.310 e. The maximum Gasteiger partial charge on any atom is 0.150 e. The number of rotatable bonds is 7. The molecule has 18 heavy (non-hydrogen) atoms. The molecule has 0 aliphatic heterocycles. The lowest BCUT2D eigenvalue weighted by Crippen LogP contribution is -2.23. The lowest BCUT2D eigenvalue weighted by Gasteiger charge is -2.16. The SMILES string of the molecule is CCS(=O)(=O)CCCN[C@@H](C)c1ccccc1C. The average molecular weight is 269 g/mol. The van der Waals surface area contributed by atoms with Crippen LogP contribution in [0.15, 0.2) is 24.3 Å². The fourth-order valence-electron chi connectivity index (χ4n) is 1.94. The van der Waals surface area contributed by atoms with Crippen molar-refractivity contribution >= 4 is 9.84 Å². The summed E-state index contributed by atoms with van der Waals surface area (Å²) in [5, 5.41) is 3.37. The molecule has 0 saturated carbocycles. The topological polar surface area (TPSA) is 46.2 Å². The zero-order valence-electron chi connectivity index (χ0n) is 11.4. The minimum absolute atomic E-state index is 0.236. The molecule has 1 N–H and O–H groups in total. The third kappa shape index (κ3) is 4.78. The Labute approximate surface area is 111 Å². The second kappa shape index (κ2) is 6.90. The zero-order valence-corrected chi connectivity index (χ0v) is 12.3. The molecule has 1 atom stereocenters. The first-order valence-electron chi connectivity index (χ1n) is 6.45. The van der Waals surface area contributed by atoms with Crippen LogP contribution in [0.5, 0.6) is 0 Å². The lowest BCUT2D eigenvalue weighted by atomic mass is 10.0. The third-order valence-corrected chi connectivity index (χ3v) is 4.97. The first-order chi connectivity index (χ1) is 8.46. The molecule has 0 radical (unpaired) electrons. The smallest absolute Gasteiger partial charge is 0.150 e. The Balaban J connectivity index is 2.39. The monoisotopic (exact) mass is 269 g/mol. The molecule has 0 amide bonds. The van der Waals surface area contributed by atoms with Gasteiger partial charge in [0, 0.05) is 11.8 Å². The molecule has 0 bridgehead atoms. The Hall–Kier alpha value is -0.870. The van der Waals surface area contributed by atoms with Gasteiger partial charge in [-0.25, -0.2) is 8.42 Å². The summed E-state index contributed by atoms with van der Waals surface area (Å²) in [7, 11) is -2.83. The van der Waals surface area contributed by atoms with Crippen molar-refractivity contribution < 1.29 is 8.42 Å². The third-order valence-electron chi connectivity index (χ3n) is 3.18. The molecule has 3 nitrogen and oxygen atoms in total. The Morgan fingerprint density at radius 3 is 2.56 bits per heavy atom. The van der Waals surface area contributed by atoms with Gasteiger partial charge in [-0.3, -0.25) is 0 Å². The fourth-order valence-corrected chi connectivity index (χ4v) is 2.81. The van der Waals surface area contributed by atoms with E-state index in [1.807, 2.05) is 12.1 Å². The maximum absolute atomic E-state index is 11.3. The van der Waals surface area contributed by atoms with E-state index < -0.39 is 9.84 Å². The summed E-state index contributed by atoms with van der Waals surface area (Å²) in [6.07, 6.45) is 0.673. The van der Waals surface area contributed by atoms with Gasteiger partial charge in [0.1, 0.15) is 9.84 Å². The van der Waals surface area contributed by atoms with Crippen molar-refractivity contribution in [2.75, 3.05) is 18.1 Å². The number of hydrogen-bond donors (Lipinski definition) is 1. The average Bonchev–Trinajstić information content (AvgIpc) is 2.35. The summed E-state index contributed by atoms with van der Waals surface area (Å²) < 4.78 is 22.7. The molecular formula is C14H23NO2S. The first kappa shape index (κ1) is 15.2. The van der Waals surface area contributed by atoms with Gasteiger partial charge >= 0.3 is 0 Å².